The van der Waals surface area contributed by atoms with Crippen molar-refractivity contribution < 1.29 is 0 Å². The van der Waals surface area contributed by atoms with Gasteiger partial charge in [0.1, 0.15) is 0 Å². The van der Waals surface area contributed by atoms with Gasteiger partial charge in [-0.05, 0) is 6.92 Å². The molecule has 0 unspecified atom stereocenters. The van der Waals surface area contributed by atoms with Crippen molar-refractivity contribution in [3.63, 3.8) is 0 Å². The van der Waals surface area contributed by atoms with E-state index in [0.29, 0.717) is 0 Å². The van der Waals surface area contributed by atoms with Crippen LogP contribution in [0.2, 0.25) is 0 Å². The Hall–Kier alpha value is -0.710. The molecule has 0 aliphatic rings. The minimum Gasteiger partial charge on any atom is -0.0841 e. The van der Waals surface area contributed by atoms with Crippen LogP contribution in [0.25, 0.3) is 4.95 Å². The molecule has 0 bridgehead atoms. The lowest BCUT2D eigenvalue weighted by Crippen LogP contribution is -1.85. The average molecular weight is 85.1 g/mol. The third kappa shape index (κ3) is 3.29. The van der Waals surface area contributed by atoms with Gasteiger partial charge in [-0.25, -0.2) is 0 Å². The SMILES string of the molecule is CCC#[N+]NC. The van der Waals surface area contributed by atoms with E-state index in [1.807, 2.05) is 6.92 Å². The highest BCUT2D eigenvalue weighted by molar-refractivity contribution is 4.78. The number of hydrogen-bond acceptors (Lipinski definition) is 1. The first-order valence-corrected chi connectivity index (χ1v) is 2.01. The van der Waals surface area contributed by atoms with E-state index >= 15 is 0 Å². The van der Waals surface area contributed by atoms with Crippen LogP contribution in [0, 0.1) is 6.07 Å². The minimum absolute atomic E-state index is 0.876. The smallest absolute Gasteiger partial charge is 0.0841 e. The lowest BCUT2D eigenvalue weighted by molar-refractivity contribution is 1.08. The Morgan fingerprint density at radius 2 is 2.50 bits per heavy atom. The van der Waals surface area contributed by atoms with Crippen LogP contribution < -0.4 is 5.43 Å². The van der Waals surface area contributed by atoms with Crippen LogP contribution in [-0.4, -0.2) is 7.05 Å². The lowest BCUT2D eigenvalue weighted by Gasteiger charge is -1.54. The molecular weight excluding hydrogens is 76.1 g/mol. The lowest BCUT2D eigenvalue weighted by atomic mass is 10.6. The molecule has 0 amide bonds. The van der Waals surface area contributed by atoms with Crippen molar-refractivity contribution in [2.24, 2.45) is 0 Å². The van der Waals surface area contributed by atoms with Crippen LogP contribution in [0.1, 0.15) is 13.3 Å². The Bertz CT molecular complexity index is 59.4. The van der Waals surface area contributed by atoms with Gasteiger partial charge in [0.2, 0.25) is 0 Å². The van der Waals surface area contributed by atoms with Crippen LogP contribution in [0.15, 0.2) is 0 Å². The Kier molecular flexibility index (Phi) is 3.78. The maximum atomic E-state index is 3.59. The first kappa shape index (κ1) is 5.29. The molecule has 0 heterocycles. The molecule has 2 nitrogen and oxygen atoms in total. The van der Waals surface area contributed by atoms with Crippen LogP contribution in [0.5, 0.6) is 0 Å². The van der Waals surface area contributed by atoms with Crippen molar-refractivity contribution in [2.45, 2.75) is 13.3 Å². The number of rotatable bonds is 0. The summed E-state index contributed by atoms with van der Waals surface area (Å²) in [6.45, 7) is 1.99. The molecule has 0 spiro atoms. The van der Waals surface area contributed by atoms with Crippen molar-refractivity contribution in [1.82, 2.24) is 5.43 Å². The summed E-state index contributed by atoms with van der Waals surface area (Å²) in [7, 11) is 1.75. The molecule has 1 N–H and O–H groups in total. The standard InChI is InChI=1S/C4H9N2/c1-3-4-6-5-2/h5H,3H2,1-2H3/q+1. The molecule has 0 saturated carbocycles. The molecule has 0 aromatic carbocycles. The Balaban J connectivity index is 2.90. The average Bonchev–Trinajstić information content (AvgIpc) is 1.61. The third-order valence-electron chi connectivity index (χ3n) is 0.349. The van der Waals surface area contributed by atoms with Crippen molar-refractivity contribution in [3.8, 4) is 6.07 Å². The van der Waals surface area contributed by atoms with Crippen molar-refractivity contribution >= 4 is 0 Å². The van der Waals surface area contributed by atoms with Gasteiger partial charge in [0.05, 0.1) is 18.4 Å². The van der Waals surface area contributed by atoms with Crippen LogP contribution in [0.3, 0.4) is 0 Å². The minimum atomic E-state index is 0.876. The van der Waals surface area contributed by atoms with E-state index in [9.17, 15) is 0 Å². The second kappa shape index (κ2) is 4.29. The molecule has 2 heteroatoms. The maximum absolute atomic E-state index is 3.59. The topological polar surface area (TPSA) is 16.4 Å². The van der Waals surface area contributed by atoms with E-state index in [1.165, 1.54) is 0 Å². The van der Waals surface area contributed by atoms with Gasteiger partial charge in [0.25, 0.3) is 0 Å². The first-order valence-electron chi connectivity index (χ1n) is 2.01. The molecule has 0 aromatic rings. The van der Waals surface area contributed by atoms with E-state index in [1.54, 1.807) is 7.05 Å². The summed E-state index contributed by atoms with van der Waals surface area (Å²) in [5, 5.41) is 0. The van der Waals surface area contributed by atoms with Gasteiger partial charge in [-0.3, -0.25) is 0 Å². The fraction of sp³-hybridized carbons (Fsp3) is 0.750. The van der Waals surface area contributed by atoms with E-state index in [4.69, 9.17) is 0 Å². The molecule has 34 valence electrons. The summed E-state index contributed by atoms with van der Waals surface area (Å²) in [6, 6.07) is 2.71. The van der Waals surface area contributed by atoms with Crippen LogP contribution in [0.4, 0.5) is 0 Å². The molecule has 0 saturated heterocycles. The molecule has 0 rings (SSSR count). The van der Waals surface area contributed by atoms with Gasteiger partial charge >= 0.3 is 6.07 Å². The summed E-state index contributed by atoms with van der Waals surface area (Å²) < 4.78 is 0. The van der Waals surface area contributed by atoms with Crippen molar-refractivity contribution in [2.75, 3.05) is 7.05 Å². The summed E-state index contributed by atoms with van der Waals surface area (Å²) in [4.78, 5) is 3.59. The quantitative estimate of drug-likeness (QED) is 0.431. The third-order valence-corrected chi connectivity index (χ3v) is 0.349. The normalized spacial score (nSPS) is 5.67. The highest BCUT2D eigenvalue weighted by Crippen LogP contribution is 1.64. The highest BCUT2D eigenvalue weighted by Gasteiger charge is 1.71. The van der Waals surface area contributed by atoms with E-state index in [2.05, 4.69) is 16.4 Å². The van der Waals surface area contributed by atoms with Gasteiger partial charge in [0, 0.05) is 0 Å². The van der Waals surface area contributed by atoms with Gasteiger partial charge in [-0.2, -0.15) is 0 Å². The molecule has 0 aromatic heterocycles. The number of nitrogens with zero attached hydrogens (tertiary/aromatic N) is 1. The largest absolute Gasteiger partial charge is 0.318 e. The zero-order valence-electron chi connectivity index (χ0n) is 4.15. The second-order valence-electron chi connectivity index (χ2n) is 0.847. The van der Waals surface area contributed by atoms with E-state index < -0.39 is 0 Å². The molecular formula is C4H9N2+. The molecule has 0 radical (unpaired) electrons. The molecule has 6 heavy (non-hydrogen) atoms. The first-order chi connectivity index (χ1) is 2.91. The predicted octanol–water partition coefficient (Wildman–Crippen LogP) is 0.864. The van der Waals surface area contributed by atoms with Crippen LogP contribution >= 0.6 is 0 Å². The van der Waals surface area contributed by atoms with Gasteiger partial charge in [0.15, 0.2) is 0 Å². The van der Waals surface area contributed by atoms with E-state index in [0.717, 1.165) is 6.42 Å². The van der Waals surface area contributed by atoms with Gasteiger partial charge < -0.3 is 0 Å². The molecule has 0 atom stereocenters. The summed E-state index contributed by atoms with van der Waals surface area (Å²) in [5.41, 5.74) is 2.58. The van der Waals surface area contributed by atoms with Crippen LogP contribution in [-0.2, 0) is 0 Å². The zero-order chi connectivity index (χ0) is 4.83. The zero-order valence-corrected chi connectivity index (χ0v) is 4.15. The van der Waals surface area contributed by atoms with E-state index in [-0.39, 0.29) is 0 Å². The van der Waals surface area contributed by atoms with Gasteiger partial charge in [-0.15, -0.1) is 0 Å². The molecule has 0 aliphatic heterocycles. The fourth-order valence-corrected chi connectivity index (χ4v) is 0.158. The fourth-order valence-electron chi connectivity index (χ4n) is 0.158. The molecule has 0 fully saturated rings. The highest BCUT2D eigenvalue weighted by atomic mass is 15.2. The Morgan fingerprint density at radius 1 is 1.83 bits per heavy atom. The number of hydrogen-bond donors (Lipinski definition) is 1. The van der Waals surface area contributed by atoms with Crippen molar-refractivity contribution in [1.29, 1.82) is 0 Å². The summed E-state index contributed by atoms with van der Waals surface area (Å²) >= 11 is 0. The second-order valence-corrected chi connectivity index (χ2v) is 0.847. The van der Waals surface area contributed by atoms with Gasteiger partial charge in [-0.1, -0.05) is 5.43 Å². The number of nitrogens with one attached hydrogen (secondary N) is 1. The summed E-state index contributed by atoms with van der Waals surface area (Å²) in [6.07, 6.45) is 0.876. The molecule has 0 aliphatic carbocycles. The Labute approximate surface area is 38.0 Å². The summed E-state index contributed by atoms with van der Waals surface area (Å²) in [5.74, 6) is 0. The predicted molar refractivity (Wildman–Crippen MR) is 26.6 cm³/mol. The maximum Gasteiger partial charge on any atom is 0.318 e. The Morgan fingerprint density at radius 3 is 2.67 bits per heavy atom. The van der Waals surface area contributed by atoms with Crippen molar-refractivity contribution in [3.05, 3.63) is 4.95 Å². The monoisotopic (exact) mass is 85.1 g/mol.